The lowest BCUT2D eigenvalue weighted by atomic mass is 9.96. The fourth-order valence-corrected chi connectivity index (χ4v) is 3.09. The molecular formula is C15H23BrIN3O. The van der Waals surface area contributed by atoms with E-state index in [2.05, 4.69) is 44.4 Å². The topological polar surface area (TPSA) is 59.6 Å². The van der Waals surface area contributed by atoms with E-state index in [0.717, 1.165) is 11.0 Å². The van der Waals surface area contributed by atoms with Gasteiger partial charge in [0.2, 0.25) is 0 Å². The number of rotatable bonds is 6. The van der Waals surface area contributed by atoms with Crippen LogP contribution in [0.2, 0.25) is 0 Å². The van der Waals surface area contributed by atoms with Gasteiger partial charge in [0.05, 0.1) is 13.2 Å². The smallest absolute Gasteiger partial charge is 0.188 e. The zero-order valence-electron chi connectivity index (χ0n) is 12.4. The molecule has 0 amide bonds. The SMILES string of the molecule is COCC(C)NC(N)=NCC1(c2ccccc2Br)CC1.I. The van der Waals surface area contributed by atoms with E-state index >= 15 is 0 Å². The number of ether oxygens (including phenoxy) is 1. The Kier molecular flexibility index (Phi) is 7.42. The van der Waals surface area contributed by atoms with E-state index in [0.29, 0.717) is 12.6 Å². The van der Waals surface area contributed by atoms with Gasteiger partial charge in [0.25, 0.3) is 0 Å². The first kappa shape index (κ1) is 18.7. The zero-order valence-corrected chi connectivity index (χ0v) is 16.4. The summed E-state index contributed by atoms with van der Waals surface area (Å²) < 4.78 is 6.23. The second kappa shape index (κ2) is 8.33. The van der Waals surface area contributed by atoms with Crippen molar-refractivity contribution in [3.63, 3.8) is 0 Å². The van der Waals surface area contributed by atoms with Crippen LogP contribution < -0.4 is 11.1 Å². The van der Waals surface area contributed by atoms with Gasteiger partial charge in [-0.3, -0.25) is 4.99 Å². The molecule has 2 rings (SSSR count). The molecule has 0 heterocycles. The molecule has 3 N–H and O–H groups in total. The fraction of sp³-hybridized carbons (Fsp3) is 0.533. The van der Waals surface area contributed by atoms with E-state index in [1.165, 1.54) is 18.4 Å². The number of nitrogens with zero attached hydrogens (tertiary/aromatic N) is 1. The lowest BCUT2D eigenvalue weighted by Crippen LogP contribution is -2.41. The van der Waals surface area contributed by atoms with Crippen molar-refractivity contribution in [3.05, 3.63) is 34.3 Å². The predicted octanol–water partition coefficient (Wildman–Crippen LogP) is 3.04. The van der Waals surface area contributed by atoms with Crippen LogP contribution in [0.5, 0.6) is 0 Å². The number of halogens is 2. The van der Waals surface area contributed by atoms with E-state index in [-0.39, 0.29) is 35.4 Å². The Hall–Kier alpha value is -0.340. The second-order valence-electron chi connectivity index (χ2n) is 5.46. The van der Waals surface area contributed by atoms with Gasteiger partial charge in [0.1, 0.15) is 0 Å². The van der Waals surface area contributed by atoms with E-state index in [4.69, 9.17) is 10.5 Å². The minimum Gasteiger partial charge on any atom is -0.383 e. The van der Waals surface area contributed by atoms with Gasteiger partial charge in [0.15, 0.2) is 5.96 Å². The highest BCUT2D eigenvalue weighted by Gasteiger charge is 2.45. The van der Waals surface area contributed by atoms with Crippen molar-refractivity contribution in [2.45, 2.75) is 31.2 Å². The Morgan fingerprint density at radius 3 is 2.71 bits per heavy atom. The van der Waals surface area contributed by atoms with E-state index in [1.807, 2.05) is 13.0 Å². The zero-order chi connectivity index (χ0) is 14.6. The molecule has 1 saturated carbocycles. The number of nitrogens with two attached hydrogens (primary N) is 1. The number of guanidine groups is 1. The highest BCUT2D eigenvalue weighted by Crippen LogP contribution is 2.50. The molecule has 118 valence electrons. The Morgan fingerprint density at radius 1 is 1.48 bits per heavy atom. The summed E-state index contributed by atoms with van der Waals surface area (Å²) in [5, 5.41) is 3.14. The molecule has 1 aromatic rings. The van der Waals surface area contributed by atoms with Crippen molar-refractivity contribution in [3.8, 4) is 0 Å². The van der Waals surface area contributed by atoms with Crippen molar-refractivity contribution in [1.82, 2.24) is 5.32 Å². The molecule has 0 aromatic heterocycles. The van der Waals surface area contributed by atoms with Gasteiger partial charge in [-0.05, 0) is 31.4 Å². The van der Waals surface area contributed by atoms with Crippen molar-refractivity contribution in [2.75, 3.05) is 20.3 Å². The summed E-state index contributed by atoms with van der Waals surface area (Å²) in [7, 11) is 1.68. The van der Waals surface area contributed by atoms with Crippen LogP contribution in [-0.4, -0.2) is 32.3 Å². The average Bonchev–Trinajstić information content (AvgIpc) is 3.18. The standard InChI is InChI=1S/C15H22BrN3O.HI/c1-11(9-20-2)19-14(17)18-10-15(7-8-15)12-5-3-4-6-13(12)16;/h3-6,11H,7-10H2,1-2H3,(H3,17,18,19);1H. The summed E-state index contributed by atoms with van der Waals surface area (Å²) in [6.45, 7) is 3.37. The van der Waals surface area contributed by atoms with Crippen LogP contribution in [0.25, 0.3) is 0 Å². The predicted molar refractivity (Wildman–Crippen MR) is 101 cm³/mol. The van der Waals surface area contributed by atoms with Gasteiger partial charge < -0.3 is 15.8 Å². The Bertz CT molecular complexity index is 492. The summed E-state index contributed by atoms with van der Waals surface area (Å²) in [5.74, 6) is 0.493. The number of hydrogen-bond acceptors (Lipinski definition) is 2. The molecule has 6 heteroatoms. The van der Waals surface area contributed by atoms with Crippen LogP contribution in [-0.2, 0) is 10.2 Å². The third-order valence-corrected chi connectivity index (χ3v) is 4.35. The van der Waals surface area contributed by atoms with Crippen molar-refractivity contribution < 1.29 is 4.74 Å². The minimum absolute atomic E-state index is 0. The van der Waals surface area contributed by atoms with E-state index < -0.39 is 0 Å². The van der Waals surface area contributed by atoms with E-state index in [9.17, 15) is 0 Å². The maximum Gasteiger partial charge on any atom is 0.188 e. The third kappa shape index (κ3) is 5.10. The van der Waals surface area contributed by atoms with Crippen LogP contribution >= 0.6 is 39.9 Å². The molecule has 4 nitrogen and oxygen atoms in total. The largest absolute Gasteiger partial charge is 0.383 e. The quantitative estimate of drug-likeness (QED) is 0.384. The minimum atomic E-state index is 0. The van der Waals surface area contributed by atoms with Crippen LogP contribution in [0.4, 0.5) is 0 Å². The maximum absolute atomic E-state index is 5.93. The van der Waals surface area contributed by atoms with Crippen molar-refractivity contribution in [2.24, 2.45) is 10.7 Å². The molecule has 1 aromatic carbocycles. The molecule has 1 aliphatic carbocycles. The Balaban J connectivity index is 0.00000220. The summed E-state index contributed by atoms with van der Waals surface area (Å²) >= 11 is 3.63. The van der Waals surface area contributed by atoms with Crippen LogP contribution in [0.3, 0.4) is 0 Å². The fourth-order valence-electron chi connectivity index (χ4n) is 2.38. The van der Waals surface area contributed by atoms with Crippen LogP contribution in [0.15, 0.2) is 33.7 Å². The first-order chi connectivity index (χ1) is 9.57. The molecule has 0 aliphatic heterocycles. The average molecular weight is 468 g/mol. The monoisotopic (exact) mass is 467 g/mol. The molecule has 21 heavy (non-hydrogen) atoms. The summed E-state index contributed by atoms with van der Waals surface area (Å²) in [6, 6.07) is 8.54. The van der Waals surface area contributed by atoms with Gasteiger partial charge in [-0.15, -0.1) is 24.0 Å². The Labute approximate surface area is 152 Å². The van der Waals surface area contributed by atoms with Gasteiger partial charge in [0, 0.05) is 23.0 Å². The highest BCUT2D eigenvalue weighted by molar-refractivity contribution is 14.0. The molecule has 1 atom stereocenters. The summed E-state index contributed by atoms with van der Waals surface area (Å²) in [4.78, 5) is 4.50. The maximum atomic E-state index is 5.93. The van der Waals surface area contributed by atoms with Gasteiger partial charge >= 0.3 is 0 Å². The molecule has 0 bridgehead atoms. The van der Waals surface area contributed by atoms with Crippen LogP contribution in [0, 0.1) is 0 Å². The summed E-state index contributed by atoms with van der Waals surface area (Å²) in [5.41, 5.74) is 7.43. The van der Waals surface area contributed by atoms with Gasteiger partial charge in [-0.25, -0.2) is 0 Å². The molecule has 0 spiro atoms. The normalized spacial score (nSPS) is 17.8. The molecular weight excluding hydrogens is 445 g/mol. The highest BCUT2D eigenvalue weighted by atomic mass is 127. The van der Waals surface area contributed by atoms with Crippen LogP contribution in [0.1, 0.15) is 25.3 Å². The summed E-state index contributed by atoms with van der Waals surface area (Å²) in [6.07, 6.45) is 2.33. The van der Waals surface area contributed by atoms with Crippen molar-refractivity contribution in [1.29, 1.82) is 0 Å². The first-order valence-electron chi connectivity index (χ1n) is 6.88. The first-order valence-corrected chi connectivity index (χ1v) is 7.67. The number of aliphatic imine (C=N–C) groups is 1. The lowest BCUT2D eigenvalue weighted by Gasteiger charge is -2.17. The number of hydrogen-bond donors (Lipinski definition) is 2. The number of methoxy groups -OCH3 is 1. The molecule has 1 fully saturated rings. The third-order valence-electron chi connectivity index (χ3n) is 3.66. The molecule has 0 saturated heterocycles. The second-order valence-corrected chi connectivity index (χ2v) is 6.32. The molecule has 0 radical (unpaired) electrons. The van der Waals surface area contributed by atoms with E-state index in [1.54, 1.807) is 7.11 Å². The van der Waals surface area contributed by atoms with Gasteiger partial charge in [-0.2, -0.15) is 0 Å². The Morgan fingerprint density at radius 2 is 2.14 bits per heavy atom. The lowest BCUT2D eigenvalue weighted by molar-refractivity contribution is 0.179. The number of benzene rings is 1. The number of nitrogens with one attached hydrogen (secondary N) is 1. The molecule has 1 unspecified atom stereocenters. The van der Waals surface area contributed by atoms with Gasteiger partial charge in [-0.1, -0.05) is 34.1 Å². The van der Waals surface area contributed by atoms with Crippen molar-refractivity contribution >= 4 is 45.9 Å². The molecule has 1 aliphatic rings.